The largest absolute Gasteiger partial charge is 0.302 e. The van der Waals surface area contributed by atoms with Gasteiger partial charge in [0.25, 0.3) is 0 Å². The van der Waals surface area contributed by atoms with Crippen LogP contribution in [0.3, 0.4) is 0 Å². The van der Waals surface area contributed by atoms with Crippen LogP contribution in [0.5, 0.6) is 0 Å². The van der Waals surface area contributed by atoms with E-state index >= 15 is 0 Å². The summed E-state index contributed by atoms with van der Waals surface area (Å²) in [5.41, 5.74) is 2.29. The van der Waals surface area contributed by atoms with Crippen molar-refractivity contribution in [1.29, 1.82) is 0 Å². The number of hydrogen-bond acceptors (Lipinski definition) is 6. The highest BCUT2D eigenvalue weighted by atomic mass is 16.1. The first-order chi connectivity index (χ1) is 19.6. The fourth-order valence-electron chi connectivity index (χ4n) is 6.19. The molecule has 0 atom stereocenters. The molecule has 40 heavy (non-hydrogen) atoms. The minimum absolute atomic E-state index is 0.573. The molecule has 0 radical (unpaired) electrons. The molecule has 2 aliphatic carbocycles. The Kier molecular flexibility index (Phi) is 6.54. The quantitative estimate of drug-likeness (QED) is 0.255. The van der Waals surface area contributed by atoms with E-state index in [1.54, 1.807) is 12.2 Å². The first-order valence-electron chi connectivity index (χ1n) is 13.7. The Morgan fingerprint density at radius 3 is 1.35 bits per heavy atom. The van der Waals surface area contributed by atoms with E-state index in [0.29, 0.717) is 38.0 Å². The lowest BCUT2D eigenvalue weighted by Crippen LogP contribution is -2.29. The van der Waals surface area contributed by atoms with Crippen LogP contribution in [0.2, 0.25) is 0 Å². The molecule has 0 saturated heterocycles. The smallest absolute Gasteiger partial charge is 0.141 e. The third-order valence-corrected chi connectivity index (χ3v) is 8.42. The van der Waals surface area contributed by atoms with Crippen LogP contribution in [-0.4, -0.2) is 25.1 Å². The molecule has 0 aromatic heterocycles. The zero-order valence-electron chi connectivity index (χ0n) is 22.0. The van der Waals surface area contributed by atoms with Gasteiger partial charge >= 0.3 is 0 Å². The number of unbranched alkanes of at least 4 members (excludes halogenated alkanes) is 3. The molecule has 0 spiro atoms. The van der Waals surface area contributed by atoms with Crippen molar-refractivity contribution in [3.05, 3.63) is 117 Å². The number of rotatable bonds is 11. The minimum Gasteiger partial charge on any atom is -0.302 e. The Hall–Kier alpha value is -4.58. The first-order valence-corrected chi connectivity index (χ1v) is 13.7. The van der Waals surface area contributed by atoms with Crippen LogP contribution in [0.1, 0.15) is 38.5 Å². The van der Waals surface area contributed by atoms with Gasteiger partial charge in [0.2, 0.25) is 0 Å². The normalized spacial score (nSPS) is 18.8. The summed E-state index contributed by atoms with van der Waals surface area (Å²) in [5.74, 6) is 0. The lowest BCUT2D eigenvalue weighted by molar-refractivity contribution is -0.123. The van der Waals surface area contributed by atoms with Gasteiger partial charge in [0.15, 0.2) is 0 Å². The third kappa shape index (κ3) is 3.94. The van der Waals surface area contributed by atoms with Crippen LogP contribution < -0.4 is 21.2 Å². The SMILES string of the molecule is O=CC1(C=O)C=CC2=c3ccccc3=NC2=C1CCCCCCC1=C2N=c3ccccc3=C2C=CC1(C=O)C=O. The molecule has 2 aliphatic heterocycles. The van der Waals surface area contributed by atoms with Crippen molar-refractivity contribution in [2.45, 2.75) is 38.5 Å². The predicted molar refractivity (Wildman–Crippen MR) is 150 cm³/mol. The molecule has 2 aromatic carbocycles. The van der Waals surface area contributed by atoms with Gasteiger partial charge in [-0.1, -0.05) is 73.5 Å². The van der Waals surface area contributed by atoms with E-state index in [2.05, 4.69) is 0 Å². The highest BCUT2D eigenvalue weighted by Gasteiger charge is 2.39. The van der Waals surface area contributed by atoms with Crippen molar-refractivity contribution in [2.24, 2.45) is 20.8 Å². The number of hydrogen-bond donors (Lipinski definition) is 0. The Morgan fingerprint density at radius 1 is 0.550 bits per heavy atom. The molecule has 6 nitrogen and oxygen atoms in total. The van der Waals surface area contributed by atoms with Crippen LogP contribution in [0.25, 0.3) is 11.1 Å². The first kappa shape index (κ1) is 25.7. The number of carbonyl (C=O) groups is 4. The summed E-state index contributed by atoms with van der Waals surface area (Å²) >= 11 is 0. The number of carbonyl (C=O) groups excluding carboxylic acids is 4. The average molecular weight is 529 g/mol. The third-order valence-electron chi connectivity index (χ3n) is 8.42. The summed E-state index contributed by atoms with van der Waals surface area (Å²) in [6.07, 6.45) is 14.4. The lowest BCUT2D eigenvalue weighted by Gasteiger charge is -2.28. The number of nitrogens with zero attached hydrogens (tertiary/aromatic N) is 2. The molecular weight excluding hydrogens is 500 g/mol. The van der Waals surface area contributed by atoms with Crippen LogP contribution in [0, 0.1) is 10.8 Å². The average Bonchev–Trinajstić information content (AvgIpc) is 3.57. The second-order valence-corrected chi connectivity index (χ2v) is 10.7. The molecule has 4 aliphatic rings. The van der Waals surface area contributed by atoms with Gasteiger partial charge in [-0.15, -0.1) is 0 Å². The molecule has 0 bridgehead atoms. The second kappa shape index (κ2) is 10.2. The highest BCUT2D eigenvalue weighted by Crippen LogP contribution is 2.42. The Bertz CT molecular complexity index is 1690. The standard InChI is InChI=1S/C34H28N2O4/c37-19-33(20-38)17-15-25-23-9-5-7-13-29(23)35-31(25)27(33)11-3-1-2-4-12-28-32-26(16-18-34(28,21-39)22-40)24-10-6-8-14-30(24)36-32/h5-10,13-22H,1-4,11-12H2. The van der Waals surface area contributed by atoms with Crippen molar-refractivity contribution in [1.82, 2.24) is 0 Å². The number of fused-ring (bicyclic) bond motifs is 4. The van der Waals surface area contributed by atoms with E-state index in [9.17, 15) is 19.2 Å². The summed E-state index contributed by atoms with van der Waals surface area (Å²) < 4.78 is 0. The van der Waals surface area contributed by atoms with Crippen molar-refractivity contribution in [3.63, 3.8) is 0 Å². The summed E-state index contributed by atoms with van der Waals surface area (Å²) in [4.78, 5) is 58.1. The number of benzene rings is 2. The number of aldehydes is 4. The van der Waals surface area contributed by atoms with Gasteiger partial charge in [-0.2, -0.15) is 0 Å². The van der Waals surface area contributed by atoms with E-state index in [1.807, 2.05) is 60.7 Å². The van der Waals surface area contributed by atoms with Gasteiger partial charge in [-0.05, 0) is 49.0 Å². The van der Waals surface area contributed by atoms with Gasteiger partial charge in [0.1, 0.15) is 36.0 Å². The molecular formula is C34H28N2O4. The van der Waals surface area contributed by atoms with Crippen molar-refractivity contribution >= 4 is 36.3 Å². The fraction of sp³-hybridized carbons (Fsp3) is 0.235. The van der Waals surface area contributed by atoms with Gasteiger partial charge in [0, 0.05) is 21.6 Å². The Labute approximate surface area is 231 Å². The highest BCUT2D eigenvalue weighted by molar-refractivity contribution is 5.97. The molecule has 6 heteroatoms. The summed E-state index contributed by atoms with van der Waals surface area (Å²) in [5, 5.41) is 3.72. The number of para-hydroxylation sites is 2. The molecule has 0 amide bonds. The lowest BCUT2D eigenvalue weighted by atomic mass is 9.74. The molecule has 0 N–H and O–H groups in total. The van der Waals surface area contributed by atoms with Crippen molar-refractivity contribution in [3.8, 4) is 0 Å². The van der Waals surface area contributed by atoms with E-state index in [1.165, 1.54) is 0 Å². The molecule has 2 heterocycles. The van der Waals surface area contributed by atoms with Gasteiger partial charge in [-0.3, -0.25) is 0 Å². The van der Waals surface area contributed by atoms with E-state index in [4.69, 9.17) is 9.98 Å². The molecule has 2 aromatic rings. The van der Waals surface area contributed by atoms with Crippen molar-refractivity contribution < 1.29 is 19.2 Å². The molecule has 0 saturated carbocycles. The molecule has 6 rings (SSSR count). The van der Waals surface area contributed by atoms with Crippen LogP contribution in [-0.2, 0) is 19.2 Å². The van der Waals surface area contributed by atoms with E-state index in [-0.39, 0.29) is 0 Å². The molecule has 0 unspecified atom stereocenters. The van der Waals surface area contributed by atoms with Gasteiger partial charge in [0.05, 0.1) is 22.1 Å². The minimum atomic E-state index is -1.29. The topological polar surface area (TPSA) is 93.0 Å². The van der Waals surface area contributed by atoms with Crippen LogP contribution in [0.4, 0.5) is 0 Å². The zero-order chi connectivity index (χ0) is 27.7. The Balaban J connectivity index is 1.18. The zero-order valence-corrected chi connectivity index (χ0v) is 22.0. The maximum Gasteiger partial charge on any atom is 0.141 e. The molecule has 198 valence electrons. The summed E-state index contributed by atoms with van der Waals surface area (Å²) in [6.45, 7) is 0. The Morgan fingerprint density at radius 2 is 0.950 bits per heavy atom. The van der Waals surface area contributed by atoms with Gasteiger partial charge in [-0.25, -0.2) is 9.98 Å². The van der Waals surface area contributed by atoms with E-state index < -0.39 is 10.8 Å². The fourth-order valence-corrected chi connectivity index (χ4v) is 6.19. The maximum atomic E-state index is 12.1. The summed E-state index contributed by atoms with van der Waals surface area (Å²) in [6, 6.07) is 15.7. The van der Waals surface area contributed by atoms with Crippen LogP contribution in [0.15, 0.2) is 105 Å². The van der Waals surface area contributed by atoms with Gasteiger partial charge < -0.3 is 19.2 Å². The van der Waals surface area contributed by atoms with E-state index in [0.717, 1.165) is 80.5 Å². The van der Waals surface area contributed by atoms with Crippen molar-refractivity contribution in [2.75, 3.05) is 0 Å². The predicted octanol–water partition coefficient (Wildman–Crippen LogP) is 2.71. The summed E-state index contributed by atoms with van der Waals surface area (Å²) in [7, 11) is 0. The van der Waals surface area contributed by atoms with Crippen LogP contribution >= 0.6 is 0 Å². The molecule has 0 fully saturated rings. The monoisotopic (exact) mass is 528 g/mol. The maximum absolute atomic E-state index is 12.1. The second-order valence-electron chi connectivity index (χ2n) is 10.7. The number of allylic oxidation sites excluding steroid dienone is 6.